The minimum Gasteiger partial charge on any atom is -0.385 e. The maximum Gasteiger partial charge on any atom is 0.207 e. The van der Waals surface area contributed by atoms with Gasteiger partial charge in [0.05, 0.1) is 0 Å². The average molecular weight is 357 g/mol. The van der Waals surface area contributed by atoms with Crippen molar-refractivity contribution < 1.29 is 4.74 Å². The second-order valence-corrected chi connectivity index (χ2v) is 5.12. The van der Waals surface area contributed by atoms with E-state index in [0.29, 0.717) is 0 Å². The number of methoxy groups -OCH3 is 1. The van der Waals surface area contributed by atoms with E-state index in [0.717, 1.165) is 31.2 Å². The van der Waals surface area contributed by atoms with Crippen molar-refractivity contribution in [3.8, 4) is 5.69 Å². The van der Waals surface area contributed by atoms with Crippen molar-refractivity contribution in [3.63, 3.8) is 0 Å². The molecule has 0 amide bonds. The SMILES string of the molecule is COCCCNc1nccn1-c1ccc(I)cc1. The van der Waals surface area contributed by atoms with E-state index in [1.54, 1.807) is 13.3 Å². The normalized spacial score (nSPS) is 10.6. The predicted molar refractivity (Wildman–Crippen MR) is 81.3 cm³/mol. The number of halogens is 1. The molecule has 0 aliphatic rings. The highest BCUT2D eigenvalue weighted by Crippen LogP contribution is 2.15. The third-order valence-corrected chi connectivity index (χ3v) is 3.27. The topological polar surface area (TPSA) is 39.1 Å². The first-order valence-corrected chi connectivity index (χ1v) is 6.91. The fourth-order valence-electron chi connectivity index (χ4n) is 1.66. The molecule has 2 rings (SSSR count). The molecule has 4 nitrogen and oxygen atoms in total. The number of ether oxygens (including phenoxy) is 1. The Labute approximate surface area is 121 Å². The Hall–Kier alpha value is -1.08. The van der Waals surface area contributed by atoms with Gasteiger partial charge < -0.3 is 10.1 Å². The Morgan fingerprint density at radius 2 is 2.11 bits per heavy atom. The Balaban J connectivity index is 2.05. The monoisotopic (exact) mass is 357 g/mol. The van der Waals surface area contributed by atoms with E-state index >= 15 is 0 Å². The summed E-state index contributed by atoms with van der Waals surface area (Å²) in [4.78, 5) is 4.32. The summed E-state index contributed by atoms with van der Waals surface area (Å²) in [6.45, 7) is 1.62. The number of hydrogen-bond donors (Lipinski definition) is 1. The van der Waals surface area contributed by atoms with Crippen LogP contribution in [-0.2, 0) is 4.74 Å². The van der Waals surface area contributed by atoms with Crippen LogP contribution in [0.15, 0.2) is 36.7 Å². The summed E-state index contributed by atoms with van der Waals surface area (Å²) in [5.41, 5.74) is 1.11. The molecule has 0 atom stereocenters. The van der Waals surface area contributed by atoms with Crippen LogP contribution in [0.5, 0.6) is 0 Å². The summed E-state index contributed by atoms with van der Waals surface area (Å²) >= 11 is 2.30. The predicted octanol–water partition coefficient (Wildman–Crippen LogP) is 2.93. The van der Waals surface area contributed by atoms with Crippen LogP contribution < -0.4 is 5.32 Å². The Morgan fingerprint density at radius 1 is 1.33 bits per heavy atom. The van der Waals surface area contributed by atoms with Crippen LogP contribution >= 0.6 is 22.6 Å². The number of nitrogens with one attached hydrogen (secondary N) is 1. The minimum atomic E-state index is 0.761. The molecule has 0 saturated heterocycles. The first kappa shape index (κ1) is 13.4. The maximum absolute atomic E-state index is 5.02. The molecule has 18 heavy (non-hydrogen) atoms. The van der Waals surface area contributed by atoms with Crippen LogP contribution in [-0.4, -0.2) is 29.8 Å². The Morgan fingerprint density at radius 3 is 2.83 bits per heavy atom. The van der Waals surface area contributed by atoms with Gasteiger partial charge in [0.15, 0.2) is 0 Å². The number of rotatable bonds is 6. The van der Waals surface area contributed by atoms with Gasteiger partial charge in [0, 0.05) is 41.9 Å². The molecule has 0 aliphatic heterocycles. The molecule has 0 spiro atoms. The molecule has 0 aliphatic carbocycles. The molecule has 0 unspecified atom stereocenters. The lowest BCUT2D eigenvalue weighted by atomic mass is 10.3. The number of aromatic nitrogens is 2. The second-order valence-electron chi connectivity index (χ2n) is 3.87. The number of nitrogens with zero attached hydrogens (tertiary/aromatic N) is 2. The number of benzene rings is 1. The van der Waals surface area contributed by atoms with Crippen molar-refractivity contribution in [2.24, 2.45) is 0 Å². The smallest absolute Gasteiger partial charge is 0.207 e. The average Bonchev–Trinajstić information content (AvgIpc) is 2.84. The number of imidazole rings is 1. The lowest BCUT2D eigenvalue weighted by Crippen LogP contribution is -2.09. The second kappa shape index (κ2) is 6.75. The first-order valence-electron chi connectivity index (χ1n) is 5.83. The third-order valence-electron chi connectivity index (χ3n) is 2.55. The van der Waals surface area contributed by atoms with Crippen molar-refractivity contribution in [1.29, 1.82) is 0 Å². The van der Waals surface area contributed by atoms with E-state index in [2.05, 4.69) is 57.2 Å². The molecular weight excluding hydrogens is 341 g/mol. The van der Waals surface area contributed by atoms with Gasteiger partial charge in [-0.1, -0.05) is 0 Å². The molecule has 0 bridgehead atoms. The Kier molecular flexibility index (Phi) is 5.00. The summed E-state index contributed by atoms with van der Waals surface area (Å²) in [5.74, 6) is 0.868. The lowest BCUT2D eigenvalue weighted by Gasteiger charge is -2.09. The van der Waals surface area contributed by atoms with E-state index in [1.807, 2.05) is 10.8 Å². The molecule has 0 fully saturated rings. The first-order chi connectivity index (χ1) is 8.81. The molecule has 96 valence electrons. The van der Waals surface area contributed by atoms with Gasteiger partial charge >= 0.3 is 0 Å². The van der Waals surface area contributed by atoms with Crippen molar-refractivity contribution in [2.45, 2.75) is 6.42 Å². The zero-order valence-electron chi connectivity index (χ0n) is 10.3. The van der Waals surface area contributed by atoms with Gasteiger partial charge in [-0.05, 0) is 53.3 Å². The van der Waals surface area contributed by atoms with Gasteiger partial charge in [0.25, 0.3) is 0 Å². The third kappa shape index (κ3) is 3.46. The molecule has 1 aromatic carbocycles. The molecule has 1 heterocycles. The van der Waals surface area contributed by atoms with Gasteiger partial charge in [0.2, 0.25) is 5.95 Å². The Bertz CT molecular complexity index is 481. The largest absolute Gasteiger partial charge is 0.385 e. The highest BCUT2D eigenvalue weighted by Gasteiger charge is 2.03. The van der Waals surface area contributed by atoms with E-state index < -0.39 is 0 Å². The van der Waals surface area contributed by atoms with E-state index in [-0.39, 0.29) is 0 Å². The van der Waals surface area contributed by atoms with Crippen LogP contribution in [0.4, 0.5) is 5.95 Å². The molecule has 0 saturated carbocycles. The van der Waals surface area contributed by atoms with E-state index in [9.17, 15) is 0 Å². The van der Waals surface area contributed by atoms with Gasteiger partial charge in [-0.3, -0.25) is 4.57 Å². The zero-order chi connectivity index (χ0) is 12.8. The van der Waals surface area contributed by atoms with Crippen molar-refractivity contribution in [2.75, 3.05) is 25.6 Å². The highest BCUT2D eigenvalue weighted by molar-refractivity contribution is 14.1. The fourth-order valence-corrected chi connectivity index (χ4v) is 2.02. The van der Waals surface area contributed by atoms with Crippen LogP contribution in [0.1, 0.15) is 6.42 Å². The number of hydrogen-bond acceptors (Lipinski definition) is 3. The van der Waals surface area contributed by atoms with E-state index in [1.165, 1.54) is 3.57 Å². The molecule has 2 aromatic rings. The van der Waals surface area contributed by atoms with Crippen molar-refractivity contribution in [1.82, 2.24) is 9.55 Å². The van der Waals surface area contributed by atoms with Crippen LogP contribution in [0.2, 0.25) is 0 Å². The molecule has 5 heteroatoms. The fraction of sp³-hybridized carbons (Fsp3) is 0.308. The standard InChI is InChI=1S/C13H16IN3O/c1-18-10-2-7-15-13-16-8-9-17(13)12-5-3-11(14)4-6-12/h3-6,8-9H,2,7,10H2,1H3,(H,15,16). The minimum absolute atomic E-state index is 0.761. The van der Waals surface area contributed by atoms with Crippen LogP contribution in [0.25, 0.3) is 5.69 Å². The van der Waals surface area contributed by atoms with Gasteiger partial charge in [0.1, 0.15) is 0 Å². The molecule has 1 aromatic heterocycles. The lowest BCUT2D eigenvalue weighted by molar-refractivity contribution is 0.197. The van der Waals surface area contributed by atoms with Gasteiger partial charge in [-0.15, -0.1) is 0 Å². The zero-order valence-corrected chi connectivity index (χ0v) is 12.4. The summed E-state index contributed by atoms with van der Waals surface area (Å²) < 4.78 is 8.29. The summed E-state index contributed by atoms with van der Waals surface area (Å²) in [6.07, 6.45) is 4.73. The molecule has 0 radical (unpaired) electrons. The van der Waals surface area contributed by atoms with Crippen molar-refractivity contribution >= 4 is 28.5 Å². The van der Waals surface area contributed by atoms with Crippen molar-refractivity contribution in [3.05, 3.63) is 40.2 Å². The van der Waals surface area contributed by atoms with Crippen LogP contribution in [0, 0.1) is 3.57 Å². The highest BCUT2D eigenvalue weighted by atomic mass is 127. The molecular formula is C13H16IN3O. The maximum atomic E-state index is 5.02. The number of anilines is 1. The summed E-state index contributed by atoms with van der Waals surface area (Å²) in [7, 11) is 1.71. The van der Waals surface area contributed by atoms with Gasteiger partial charge in [-0.25, -0.2) is 4.98 Å². The summed E-state index contributed by atoms with van der Waals surface area (Å²) in [6, 6.07) is 8.35. The quantitative estimate of drug-likeness (QED) is 0.638. The van der Waals surface area contributed by atoms with Crippen LogP contribution in [0.3, 0.4) is 0 Å². The molecule has 1 N–H and O–H groups in total. The van der Waals surface area contributed by atoms with E-state index in [4.69, 9.17) is 4.74 Å². The summed E-state index contributed by atoms with van der Waals surface area (Å²) in [5, 5.41) is 3.31. The van der Waals surface area contributed by atoms with Gasteiger partial charge in [-0.2, -0.15) is 0 Å².